The van der Waals surface area contributed by atoms with Gasteiger partial charge in [-0.1, -0.05) is 11.6 Å². The first kappa shape index (κ1) is 16.2. The zero-order valence-corrected chi connectivity index (χ0v) is 13.2. The van der Waals surface area contributed by atoms with Gasteiger partial charge < -0.3 is 15.0 Å². The molecule has 5 nitrogen and oxygen atoms in total. The number of nitriles is 1. The Morgan fingerprint density at radius 3 is 2.73 bits per heavy atom. The van der Waals surface area contributed by atoms with E-state index in [2.05, 4.69) is 5.32 Å². The van der Waals surface area contributed by atoms with Crippen LogP contribution in [0.3, 0.4) is 0 Å². The average molecular weight is 320 g/mol. The standard InChI is InChI=1S/C16H18ClN3O2/c1-22-15-6-5-13(9-14(15)17)19-16(21)12(10-18)11-20-7-3-2-4-8-20/h5-6,9,11H,2-4,7-8H2,1H3,(H,19,21)/b12-11-. The second-order valence-corrected chi connectivity index (χ2v) is 5.46. The Bertz CT molecular complexity index is 616. The van der Waals surface area contributed by atoms with E-state index in [-0.39, 0.29) is 5.57 Å². The number of nitrogens with one attached hydrogen (secondary N) is 1. The van der Waals surface area contributed by atoms with Crippen LogP contribution in [-0.2, 0) is 4.79 Å². The molecule has 1 aromatic rings. The largest absolute Gasteiger partial charge is 0.495 e. The predicted octanol–water partition coefficient (Wildman–Crippen LogP) is 3.18. The summed E-state index contributed by atoms with van der Waals surface area (Å²) >= 11 is 6.02. The minimum atomic E-state index is -0.436. The highest BCUT2D eigenvalue weighted by molar-refractivity contribution is 6.32. The summed E-state index contributed by atoms with van der Waals surface area (Å²) in [6, 6.07) is 6.89. The maximum absolute atomic E-state index is 12.2. The molecule has 1 aliphatic heterocycles. The molecule has 0 bridgehead atoms. The summed E-state index contributed by atoms with van der Waals surface area (Å²) in [5.41, 5.74) is 0.615. The summed E-state index contributed by atoms with van der Waals surface area (Å²) in [5.74, 6) is 0.0957. The first-order valence-corrected chi connectivity index (χ1v) is 7.52. The van der Waals surface area contributed by atoms with Crippen LogP contribution in [0.2, 0.25) is 5.02 Å². The fraction of sp³-hybridized carbons (Fsp3) is 0.375. The number of rotatable bonds is 4. The molecule has 1 saturated heterocycles. The van der Waals surface area contributed by atoms with E-state index in [1.807, 2.05) is 11.0 Å². The molecule has 1 amide bonds. The van der Waals surface area contributed by atoms with Crippen LogP contribution in [0.1, 0.15) is 19.3 Å². The van der Waals surface area contributed by atoms with Crippen molar-refractivity contribution >= 4 is 23.2 Å². The fourth-order valence-electron chi connectivity index (χ4n) is 2.31. The molecule has 22 heavy (non-hydrogen) atoms. The van der Waals surface area contributed by atoms with Crippen molar-refractivity contribution in [3.8, 4) is 11.8 Å². The second-order valence-electron chi connectivity index (χ2n) is 5.05. The molecule has 0 unspecified atom stereocenters. The third-order valence-electron chi connectivity index (χ3n) is 3.48. The Labute approximate surface area is 135 Å². The van der Waals surface area contributed by atoms with Crippen molar-refractivity contribution in [1.82, 2.24) is 4.90 Å². The molecule has 0 saturated carbocycles. The number of methoxy groups -OCH3 is 1. The quantitative estimate of drug-likeness (QED) is 0.684. The molecule has 0 atom stereocenters. The van der Waals surface area contributed by atoms with Crippen molar-refractivity contribution in [3.63, 3.8) is 0 Å². The van der Waals surface area contributed by atoms with Crippen LogP contribution in [0.15, 0.2) is 30.0 Å². The van der Waals surface area contributed by atoms with Gasteiger partial charge in [-0.3, -0.25) is 4.79 Å². The van der Waals surface area contributed by atoms with Gasteiger partial charge in [-0.2, -0.15) is 5.26 Å². The number of amides is 1. The van der Waals surface area contributed by atoms with Gasteiger partial charge in [0.2, 0.25) is 0 Å². The number of halogens is 1. The number of carbonyl (C=O) groups excluding carboxylic acids is 1. The Balaban J connectivity index is 2.07. The highest BCUT2D eigenvalue weighted by Gasteiger charge is 2.14. The van der Waals surface area contributed by atoms with E-state index in [0.717, 1.165) is 25.9 Å². The lowest BCUT2D eigenvalue weighted by atomic mass is 10.1. The summed E-state index contributed by atoms with van der Waals surface area (Å²) in [7, 11) is 1.52. The van der Waals surface area contributed by atoms with Gasteiger partial charge in [-0.25, -0.2) is 0 Å². The van der Waals surface area contributed by atoms with Crippen LogP contribution in [-0.4, -0.2) is 31.0 Å². The van der Waals surface area contributed by atoms with E-state index >= 15 is 0 Å². The number of likely N-dealkylation sites (tertiary alicyclic amines) is 1. The van der Waals surface area contributed by atoms with Crippen molar-refractivity contribution < 1.29 is 9.53 Å². The zero-order valence-electron chi connectivity index (χ0n) is 12.4. The van der Waals surface area contributed by atoms with Gasteiger partial charge in [-0.15, -0.1) is 0 Å². The number of anilines is 1. The summed E-state index contributed by atoms with van der Waals surface area (Å²) in [5, 5.41) is 12.3. The molecule has 6 heteroatoms. The smallest absolute Gasteiger partial charge is 0.267 e. The monoisotopic (exact) mass is 319 g/mol. The van der Waals surface area contributed by atoms with E-state index in [4.69, 9.17) is 16.3 Å². The van der Waals surface area contributed by atoms with Gasteiger partial charge in [-0.05, 0) is 37.5 Å². The predicted molar refractivity (Wildman–Crippen MR) is 85.8 cm³/mol. The molecule has 0 aromatic heterocycles. The third-order valence-corrected chi connectivity index (χ3v) is 3.77. The van der Waals surface area contributed by atoms with Gasteiger partial charge in [0.15, 0.2) is 0 Å². The zero-order chi connectivity index (χ0) is 15.9. The normalized spacial score (nSPS) is 15.1. The van der Waals surface area contributed by atoms with Crippen LogP contribution < -0.4 is 10.1 Å². The van der Waals surface area contributed by atoms with Crippen LogP contribution in [0, 0.1) is 11.3 Å². The molecule has 116 valence electrons. The summed E-state index contributed by atoms with van der Waals surface area (Å²) in [6.45, 7) is 1.76. The van der Waals surface area contributed by atoms with E-state index in [1.165, 1.54) is 13.5 Å². The van der Waals surface area contributed by atoms with Crippen molar-refractivity contribution in [3.05, 3.63) is 35.0 Å². The second kappa shape index (κ2) is 7.71. The average Bonchev–Trinajstić information content (AvgIpc) is 2.53. The van der Waals surface area contributed by atoms with Crippen molar-refractivity contribution in [1.29, 1.82) is 5.26 Å². The SMILES string of the molecule is COc1ccc(NC(=O)/C(C#N)=C\N2CCCCC2)cc1Cl. The lowest BCUT2D eigenvalue weighted by Gasteiger charge is -2.25. The Morgan fingerprint density at radius 1 is 1.41 bits per heavy atom. The molecule has 0 radical (unpaired) electrons. The molecular formula is C16H18ClN3O2. The number of hydrogen-bond acceptors (Lipinski definition) is 4. The van der Waals surface area contributed by atoms with Crippen molar-refractivity contribution in [2.75, 3.05) is 25.5 Å². The van der Waals surface area contributed by atoms with Crippen molar-refractivity contribution in [2.45, 2.75) is 19.3 Å². The number of hydrogen-bond donors (Lipinski definition) is 1. The summed E-state index contributed by atoms with van der Waals surface area (Å²) < 4.78 is 5.06. The molecule has 0 aliphatic carbocycles. The van der Waals surface area contributed by atoms with Crippen LogP contribution in [0.5, 0.6) is 5.75 Å². The highest BCUT2D eigenvalue weighted by atomic mass is 35.5. The molecule has 2 rings (SSSR count). The Kier molecular flexibility index (Phi) is 5.68. The van der Waals surface area contributed by atoms with Crippen LogP contribution in [0.4, 0.5) is 5.69 Å². The van der Waals surface area contributed by atoms with Gasteiger partial charge >= 0.3 is 0 Å². The minimum absolute atomic E-state index is 0.0915. The third kappa shape index (κ3) is 4.15. The number of carbonyl (C=O) groups is 1. The van der Waals surface area contributed by atoms with E-state index in [1.54, 1.807) is 24.4 Å². The number of piperidine rings is 1. The van der Waals surface area contributed by atoms with E-state index in [9.17, 15) is 10.1 Å². The summed E-state index contributed by atoms with van der Waals surface area (Å²) in [4.78, 5) is 14.2. The maximum Gasteiger partial charge on any atom is 0.267 e. The maximum atomic E-state index is 12.2. The van der Waals surface area contributed by atoms with Crippen molar-refractivity contribution in [2.24, 2.45) is 0 Å². The summed E-state index contributed by atoms with van der Waals surface area (Å²) in [6.07, 6.45) is 5.01. The van der Waals surface area contributed by atoms with Gasteiger partial charge in [0.05, 0.1) is 12.1 Å². The topological polar surface area (TPSA) is 65.4 Å². The number of benzene rings is 1. The van der Waals surface area contributed by atoms with Gasteiger partial charge in [0.25, 0.3) is 5.91 Å². The van der Waals surface area contributed by atoms with Gasteiger partial charge in [0, 0.05) is 25.0 Å². The molecule has 0 spiro atoms. The lowest BCUT2D eigenvalue weighted by molar-refractivity contribution is -0.112. The van der Waals surface area contributed by atoms with Crippen LogP contribution in [0.25, 0.3) is 0 Å². The lowest BCUT2D eigenvalue weighted by Crippen LogP contribution is -2.26. The minimum Gasteiger partial charge on any atom is -0.495 e. The molecule has 1 heterocycles. The number of ether oxygens (including phenoxy) is 1. The number of nitrogens with zero attached hydrogens (tertiary/aromatic N) is 2. The Morgan fingerprint density at radius 2 is 2.14 bits per heavy atom. The molecule has 1 aliphatic rings. The molecular weight excluding hydrogens is 302 g/mol. The molecule has 1 aromatic carbocycles. The van der Waals surface area contributed by atoms with E-state index < -0.39 is 5.91 Å². The fourth-order valence-corrected chi connectivity index (χ4v) is 2.57. The Hall–Kier alpha value is -2.19. The van der Waals surface area contributed by atoms with Crippen LogP contribution >= 0.6 is 11.6 Å². The highest BCUT2D eigenvalue weighted by Crippen LogP contribution is 2.27. The van der Waals surface area contributed by atoms with Gasteiger partial charge in [0.1, 0.15) is 17.4 Å². The first-order chi connectivity index (χ1) is 10.6. The molecule has 1 fully saturated rings. The molecule has 1 N–H and O–H groups in total. The first-order valence-electron chi connectivity index (χ1n) is 7.15. The van der Waals surface area contributed by atoms with E-state index in [0.29, 0.717) is 16.5 Å².